The van der Waals surface area contributed by atoms with Gasteiger partial charge in [0, 0.05) is 18.5 Å². The lowest BCUT2D eigenvalue weighted by molar-refractivity contribution is 0.587. The van der Waals surface area contributed by atoms with Crippen LogP contribution in [0, 0.1) is 11.3 Å². The zero-order chi connectivity index (χ0) is 13.6. The Morgan fingerprint density at radius 2 is 2.05 bits per heavy atom. The molecule has 1 spiro atoms. The van der Waals surface area contributed by atoms with Crippen molar-refractivity contribution in [3.63, 3.8) is 0 Å². The highest BCUT2D eigenvalue weighted by Gasteiger charge is 2.49. The summed E-state index contributed by atoms with van der Waals surface area (Å²) in [6, 6.07) is 10.7. The molecule has 0 unspecified atom stereocenters. The molecule has 0 amide bonds. The minimum Gasteiger partial charge on any atom is -0.350 e. The van der Waals surface area contributed by atoms with E-state index in [1.807, 2.05) is 0 Å². The molecule has 2 aromatic rings. The van der Waals surface area contributed by atoms with Crippen molar-refractivity contribution in [3.05, 3.63) is 53.5 Å². The third-order valence-corrected chi connectivity index (χ3v) is 4.36. The van der Waals surface area contributed by atoms with E-state index in [-0.39, 0.29) is 0 Å². The Morgan fingerprint density at radius 3 is 2.85 bits per heavy atom. The first-order valence-electron chi connectivity index (χ1n) is 6.86. The largest absolute Gasteiger partial charge is 0.350 e. The molecular formula is C16H14N4. The predicted molar refractivity (Wildman–Crippen MR) is 75.2 cm³/mol. The second kappa shape index (κ2) is 4.04. The van der Waals surface area contributed by atoms with Crippen LogP contribution in [0.1, 0.15) is 29.7 Å². The van der Waals surface area contributed by atoms with Crippen LogP contribution in [0.15, 0.2) is 36.7 Å². The Labute approximate surface area is 117 Å². The van der Waals surface area contributed by atoms with Crippen LogP contribution in [-0.4, -0.2) is 16.5 Å². The average molecular weight is 262 g/mol. The number of nitrogens with zero attached hydrogens (tertiary/aromatic N) is 4. The van der Waals surface area contributed by atoms with Crippen molar-refractivity contribution in [3.8, 4) is 6.07 Å². The zero-order valence-electron chi connectivity index (χ0n) is 11.1. The van der Waals surface area contributed by atoms with Crippen molar-refractivity contribution >= 4 is 5.82 Å². The highest BCUT2D eigenvalue weighted by atomic mass is 15.2. The molecular weight excluding hydrogens is 248 g/mol. The van der Waals surface area contributed by atoms with Crippen molar-refractivity contribution in [2.45, 2.75) is 24.8 Å². The van der Waals surface area contributed by atoms with E-state index in [9.17, 15) is 0 Å². The maximum atomic E-state index is 8.96. The van der Waals surface area contributed by atoms with Crippen LogP contribution in [0.25, 0.3) is 0 Å². The van der Waals surface area contributed by atoms with Crippen molar-refractivity contribution in [1.82, 2.24) is 9.97 Å². The van der Waals surface area contributed by atoms with Gasteiger partial charge in [0.1, 0.15) is 11.9 Å². The lowest BCUT2D eigenvalue weighted by Gasteiger charge is -2.35. The number of anilines is 1. The monoisotopic (exact) mass is 262 g/mol. The maximum absolute atomic E-state index is 8.96. The zero-order valence-corrected chi connectivity index (χ0v) is 11.1. The number of benzene rings is 1. The predicted octanol–water partition coefficient (Wildman–Crippen LogP) is 2.40. The quantitative estimate of drug-likeness (QED) is 0.792. The molecule has 1 saturated carbocycles. The molecule has 2 heterocycles. The molecule has 1 aromatic heterocycles. The molecule has 20 heavy (non-hydrogen) atoms. The van der Waals surface area contributed by atoms with E-state index in [0.29, 0.717) is 11.1 Å². The van der Waals surface area contributed by atoms with Crippen molar-refractivity contribution in [2.24, 2.45) is 0 Å². The number of aromatic nitrogens is 2. The number of rotatable bonds is 1. The van der Waals surface area contributed by atoms with Crippen LogP contribution < -0.4 is 4.90 Å². The van der Waals surface area contributed by atoms with Crippen LogP contribution in [-0.2, 0) is 12.0 Å². The molecule has 1 aliphatic carbocycles. The van der Waals surface area contributed by atoms with Gasteiger partial charge in [0.15, 0.2) is 5.69 Å². The Kier molecular flexibility index (Phi) is 2.31. The van der Waals surface area contributed by atoms with Gasteiger partial charge in [-0.1, -0.05) is 24.3 Å². The fraction of sp³-hybridized carbons (Fsp3) is 0.312. The number of hydrogen-bond donors (Lipinski definition) is 0. The SMILES string of the molecule is N#Cc1cncc(N2Cc3ccccc3C3(CC3)C2)n1. The smallest absolute Gasteiger partial charge is 0.161 e. The van der Waals surface area contributed by atoms with Gasteiger partial charge in [-0.3, -0.25) is 4.98 Å². The standard InChI is InChI=1S/C16H14N4/c17-7-13-8-18-9-15(19-13)20-10-12-3-1-2-4-14(12)16(11-20)5-6-16/h1-4,8-9H,5-6,10-11H2. The molecule has 2 aliphatic rings. The molecule has 98 valence electrons. The third kappa shape index (κ3) is 1.67. The first kappa shape index (κ1) is 11.4. The highest BCUT2D eigenvalue weighted by molar-refractivity contribution is 5.50. The summed E-state index contributed by atoms with van der Waals surface area (Å²) in [7, 11) is 0. The lowest BCUT2D eigenvalue weighted by atomic mass is 9.87. The molecule has 0 saturated heterocycles. The minimum absolute atomic E-state index is 0.305. The van der Waals surface area contributed by atoms with Gasteiger partial charge in [-0.05, 0) is 24.0 Å². The number of nitriles is 1. The molecule has 4 heteroatoms. The van der Waals surface area contributed by atoms with Gasteiger partial charge in [0.05, 0.1) is 12.4 Å². The first-order valence-corrected chi connectivity index (χ1v) is 6.86. The highest BCUT2D eigenvalue weighted by Crippen LogP contribution is 2.52. The summed E-state index contributed by atoms with van der Waals surface area (Å²) in [5, 5.41) is 8.96. The average Bonchev–Trinajstić information content (AvgIpc) is 3.27. The van der Waals surface area contributed by atoms with Crippen molar-refractivity contribution in [1.29, 1.82) is 5.26 Å². The lowest BCUT2D eigenvalue weighted by Crippen LogP contribution is -2.38. The van der Waals surface area contributed by atoms with Crippen molar-refractivity contribution in [2.75, 3.05) is 11.4 Å². The first-order chi connectivity index (χ1) is 9.81. The summed E-state index contributed by atoms with van der Waals surface area (Å²) in [4.78, 5) is 10.8. The van der Waals surface area contributed by atoms with Gasteiger partial charge in [-0.2, -0.15) is 5.26 Å². The summed E-state index contributed by atoms with van der Waals surface area (Å²) >= 11 is 0. The molecule has 1 aromatic carbocycles. The fourth-order valence-electron chi connectivity index (χ4n) is 3.19. The Hall–Kier alpha value is -2.41. The Balaban J connectivity index is 1.74. The molecule has 0 radical (unpaired) electrons. The van der Waals surface area contributed by atoms with Gasteiger partial charge in [0.25, 0.3) is 0 Å². The molecule has 1 aliphatic heterocycles. The van der Waals surface area contributed by atoms with Gasteiger partial charge in [-0.15, -0.1) is 0 Å². The molecule has 0 N–H and O–H groups in total. The van der Waals surface area contributed by atoms with E-state index in [4.69, 9.17) is 5.26 Å². The second-order valence-corrected chi connectivity index (χ2v) is 5.67. The summed E-state index contributed by atoms with van der Waals surface area (Å²) in [5.41, 5.74) is 3.56. The molecule has 0 bridgehead atoms. The van der Waals surface area contributed by atoms with E-state index in [2.05, 4.69) is 45.2 Å². The summed E-state index contributed by atoms with van der Waals surface area (Å²) in [6.45, 7) is 1.83. The molecule has 1 fully saturated rings. The van der Waals surface area contributed by atoms with Gasteiger partial charge >= 0.3 is 0 Å². The molecule has 4 rings (SSSR count). The second-order valence-electron chi connectivity index (χ2n) is 5.67. The van der Waals surface area contributed by atoms with Gasteiger partial charge < -0.3 is 4.90 Å². The van der Waals surface area contributed by atoms with E-state index in [0.717, 1.165) is 18.9 Å². The topological polar surface area (TPSA) is 52.8 Å². The summed E-state index contributed by atoms with van der Waals surface area (Å²) in [5.74, 6) is 0.810. The van der Waals surface area contributed by atoms with Crippen LogP contribution in [0.3, 0.4) is 0 Å². The molecule has 4 nitrogen and oxygen atoms in total. The maximum Gasteiger partial charge on any atom is 0.161 e. The van der Waals surface area contributed by atoms with Crippen LogP contribution >= 0.6 is 0 Å². The Bertz CT molecular complexity index is 712. The summed E-state index contributed by atoms with van der Waals surface area (Å²) in [6.07, 6.45) is 5.75. The number of hydrogen-bond acceptors (Lipinski definition) is 4. The van der Waals surface area contributed by atoms with Crippen LogP contribution in [0.2, 0.25) is 0 Å². The summed E-state index contributed by atoms with van der Waals surface area (Å²) < 4.78 is 0. The fourth-order valence-corrected chi connectivity index (χ4v) is 3.19. The van der Waals surface area contributed by atoms with Gasteiger partial charge in [-0.25, -0.2) is 4.98 Å². The minimum atomic E-state index is 0.305. The van der Waals surface area contributed by atoms with Gasteiger partial charge in [0.2, 0.25) is 0 Å². The van der Waals surface area contributed by atoms with Crippen LogP contribution in [0.5, 0.6) is 0 Å². The van der Waals surface area contributed by atoms with Crippen LogP contribution in [0.4, 0.5) is 5.82 Å². The van der Waals surface area contributed by atoms with E-state index < -0.39 is 0 Å². The van der Waals surface area contributed by atoms with Crippen molar-refractivity contribution < 1.29 is 0 Å². The molecule has 0 atom stereocenters. The number of fused-ring (bicyclic) bond motifs is 2. The van der Waals surface area contributed by atoms with E-state index in [1.165, 1.54) is 30.2 Å². The Morgan fingerprint density at radius 1 is 1.20 bits per heavy atom. The normalized spacial score (nSPS) is 18.4. The third-order valence-electron chi connectivity index (χ3n) is 4.36. The van der Waals surface area contributed by atoms with E-state index >= 15 is 0 Å². The van der Waals surface area contributed by atoms with E-state index in [1.54, 1.807) is 6.20 Å².